The van der Waals surface area contributed by atoms with E-state index in [0.29, 0.717) is 40.1 Å². The predicted octanol–water partition coefficient (Wildman–Crippen LogP) is 3.71. The quantitative estimate of drug-likeness (QED) is 0.219. The van der Waals surface area contributed by atoms with Crippen molar-refractivity contribution in [1.82, 2.24) is 15.0 Å². The van der Waals surface area contributed by atoms with E-state index in [1.54, 1.807) is 6.07 Å². The third-order valence-electron chi connectivity index (χ3n) is 7.12. The van der Waals surface area contributed by atoms with Crippen LogP contribution < -0.4 is 15.4 Å². The largest absolute Gasteiger partial charge is 0.408 e. The molecule has 3 heterocycles. The van der Waals surface area contributed by atoms with Crippen LogP contribution in [0, 0.1) is 29.9 Å². The Morgan fingerprint density at radius 2 is 2.03 bits per heavy atom. The van der Waals surface area contributed by atoms with Gasteiger partial charge in [0.25, 0.3) is 0 Å². The first-order valence-electron chi connectivity index (χ1n) is 12.0. The number of terminal acetylenes is 1. The van der Waals surface area contributed by atoms with Crippen molar-refractivity contribution in [2.75, 3.05) is 17.2 Å². The van der Waals surface area contributed by atoms with Gasteiger partial charge in [0.1, 0.15) is 22.8 Å². The first-order chi connectivity index (χ1) is 17.9. The van der Waals surface area contributed by atoms with E-state index in [-0.39, 0.29) is 34.4 Å². The molecular formula is C27H23F2N5O3. The van der Waals surface area contributed by atoms with Crippen molar-refractivity contribution in [1.29, 1.82) is 0 Å². The second-order valence-electron chi connectivity index (χ2n) is 9.44. The number of aliphatic hydroxyl groups is 2. The molecule has 188 valence electrons. The summed E-state index contributed by atoms with van der Waals surface area (Å²) in [7, 11) is 0. The fourth-order valence-electron chi connectivity index (χ4n) is 5.41. The minimum Gasteiger partial charge on any atom is -0.408 e. The lowest BCUT2D eigenvalue weighted by Gasteiger charge is -2.24. The molecule has 4 aromatic rings. The number of rotatable bonds is 4. The van der Waals surface area contributed by atoms with Crippen molar-refractivity contribution in [2.45, 2.75) is 38.2 Å². The van der Waals surface area contributed by atoms with Crippen molar-refractivity contribution in [3.8, 4) is 29.6 Å². The van der Waals surface area contributed by atoms with Gasteiger partial charge < -0.3 is 25.6 Å². The molecule has 6 rings (SSSR count). The van der Waals surface area contributed by atoms with Crippen molar-refractivity contribution in [3.63, 3.8) is 0 Å². The molecule has 0 radical (unpaired) electrons. The fourth-order valence-corrected chi connectivity index (χ4v) is 5.41. The van der Waals surface area contributed by atoms with Crippen LogP contribution in [-0.2, 0) is 0 Å². The lowest BCUT2D eigenvalue weighted by Crippen LogP contribution is -2.29. The molecule has 2 aromatic heterocycles. The number of hydrogen-bond donors (Lipinski definition) is 3. The number of aliphatic hydroxyl groups excluding tert-OH is 1. The standard InChI is InChI=1S/C27H23F2N5O3/c1-2-16-19(28)7-6-14-9-15(30)11-17(21(14)16)23-22(29)24-18(12-31-23)25(33-26(32-24)37-27(35)36)34-8-4-3-5-13-10-20(13)34/h1,6-7,9,11-13,20,27,35-36H,3-5,8,10,30H2. The van der Waals surface area contributed by atoms with E-state index in [9.17, 15) is 14.6 Å². The van der Waals surface area contributed by atoms with Crippen LogP contribution in [0.1, 0.15) is 31.2 Å². The Kier molecular flexibility index (Phi) is 5.55. The molecular weight excluding hydrogens is 480 g/mol. The van der Waals surface area contributed by atoms with Gasteiger partial charge in [0.2, 0.25) is 0 Å². The van der Waals surface area contributed by atoms with Gasteiger partial charge in [-0.15, -0.1) is 6.42 Å². The molecule has 37 heavy (non-hydrogen) atoms. The molecule has 2 unspecified atom stereocenters. The fraction of sp³-hybridized carbons (Fsp3) is 0.296. The van der Waals surface area contributed by atoms with E-state index in [1.165, 1.54) is 24.4 Å². The third kappa shape index (κ3) is 3.97. The Labute approximate surface area is 210 Å². The Balaban J connectivity index is 1.61. The van der Waals surface area contributed by atoms with Crippen molar-refractivity contribution < 1.29 is 23.7 Å². The molecule has 1 saturated carbocycles. The van der Waals surface area contributed by atoms with E-state index in [4.69, 9.17) is 16.9 Å². The Morgan fingerprint density at radius 3 is 2.81 bits per heavy atom. The molecule has 10 heteroatoms. The van der Waals surface area contributed by atoms with Crippen LogP contribution in [0.3, 0.4) is 0 Å². The lowest BCUT2D eigenvalue weighted by molar-refractivity contribution is -0.183. The number of nitrogen functional groups attached to an aromatic ring is 1. The highest BCUT2D eigenvalue weighted by atomic mass is 19.1. The van der Waals surface area contributed by atoms with E-state index in [2.05, 4.69) is 25.8 Å². The molecule has 1 saturated heterocycles. The SMILES string of the molecule is C#Cc1c(F)ccc2cc(N)cc(-c3ncc4c(N5CCCCC6CC65)nc(OC(O)O)nc4c3F)c12. The number of aromatic nitrogens is 3. The van der Waals surface area contributed by atoms with Gasteiger partial charge in [-0.05, 0) is 48.8 Å². The summed E-state index contributed by atoms with van der Waals surface area (Å²) in [4.78, 5) is 15.1. The van der Waals surface area contributed by atoms with Gasteiger partial charge in [-0.1, -0.05) is 18.4 Å². The number of halogens is 2. The molecule has 2 fully saturated rings. The predicted molar refractivity (Wildman–Crippen MR) is 134 cm³/mol. The van der Waals surface area contributed by atoms with Gasteiger partial charge in [0.05, 0.1) is 10.9 Å². The maximum atomic E-state index is 16.3. The van der Waals surface area contributed by atoms with Crippen LogP contribution in [0.2, 0.25) is 0 Å². The molecule has 0 amide bonds. The summed E-state index contributed by atoms with van der Waals surface area (Å²) in [5.74, 6) is 1.86. The molecule has 2 aliphatic rings. The molecule has 4 N–H and O–H groups in total. The first kappa shape index (κ1) is 23.3. The molecule has 8 nitrogen and oxygen atoms in total. The normalized spacial score (nSPS) is 19.1. The maximum Gasteiger partial charge on any atom is 0.323 e. The highest BCUT2D eigenvalue weighted by Crippen LogP contribution is 2.46. The average Bonchev–Trinajstić information content (AvgIpc) is 3.64. The van der Waals surface area contributed by atoms with Crippen LogP contribution in [0.5, 0.6) is 6.01 Å². The van der Waals surface area contributed by atoms with Crippen molar-refractivity contribution in [3.05, 3.63) is 47.7 Å². The maximum absolute atomic E-state index is 16.3. The minimum absolute atomic E-state index is 0.0334. The van der Waals surface area contributed by atoms with Gasteiger partial charge in [0, 0.05) is 35.4 Å². The van der Waals surface area contributed by atoms with Crippen molar-refractivity contribution >= 4 is 33.2 Å². The number of hydrogen-bond acceptors (Lipinski definition) is 8. The second-order valence-corrected chi connectivity index (χ2v) is 9.44. The number of pyridine rings is 1. The monoisotopic (exact) mass is 503 g/mol. The Hall–Kier alpha value is -4.07. The number of nitrogens with two attached hydrogens (primary N) is 1. The number of benzene rings is 2. The van der Waals surface area contributed by atoms with E-state index in [1.807, 2.05) is 0 Å². The highest BCUT2D eigenvalue weighted by molar-refractivity contribution is 6.03. The Morgan fingerprint density at radius 1 is 1.19 bits per heavy atom. The molecule has 1 aliphatic carbocycles. The molecule has 0 spiro atoms. The summed E-state index contributed by atoms with van der Waals surface area (Å²) in [5.41, 5.74) is 6.33. The van der Waals surface area contributed by atoms with Crippen molar-refractivity contribution in [2.24, 2.45) is 5.92 Å². The molecule has 1 aliphatic heterocycles. The smallest absolute Gasteiger partial charge is 0.323 e. The summed E-state index contributed by atoms with van der Waals surface area (Å²) in [5, 5.41) is 20.0. The molecule has 2 aromatic carbocycles. The van der Waals surface area contributed by atoms with Crippen LogP contribution in [0.4, 0.5) is 20.3 Å². The zero-order chi connectivity index (χ0) is 25.8. The van der Waals surface area contributed by atoms with Crippen LogP contribution in [0.25, 0.3) is 32.9 Å². The number of nitrogens with zero attached hydrogens (tertiary/aromatic N) is 4. The topological polar surface area (TPSA) is 118 Å². The third-order valence-corrected chi connectivity index (χ3v) is 7.12. The summed E-state index contributed by atoms with van der Waals surface area (Å²) in [6, 6.07) is 5.74. The number of ether oxygens (including phenoxy) is 1. The zero-order valence-electron chi connectivity index (χ0n) is 19.7. The molecule has 0 bridgehead atoms. The van der Waals surface area contributed by atoms with Crippen LogP contribution in [-0.4, -0.2) is 44.2 Å². The van der Waals surface area contributed by atoms with Gasteiger partial charge in [0.15, 0.2) is 5.82 Å². The number of fused-ring (bicyclic) bond motifs is 3. The van der Waals surface area contributed by atoms with Gasteiger partial charge in [-0.3, -0.25) is 4.98 Å². The van der Waals surface area contributed by atoms with Gasteiger partial charge in [-0.25, -0.2) is 8.78 Å². The zero-order valence-corrected chi connectivity index (χ0v) is 19.7. The first-order valence-corrected chi connectivity index (χ1v) is 12.0. The summed E-state index contributed by atoms with van der Waals surface area (Å²) in [6.45, 7) is -1.48. The highest BCUT2D eigenvalue weighted by Gasteiger charge is 2.44. The van der Waals surface area contributed by atoms with E-state index in [0.717, 1.165) is 25.7 Å². The van der Waals surface area contributed by atoms with Gasteiger partial charge >= 0.3 is 12.5 Å². The van der Waals surface area contributed by atoms with Crippen LogP contribution in [0.15, 0.2) is 30.5 Å². The summed E-state index contributed by atoms with van der Waals surface area (Å²) < 4.78 is 35.8. The van der Waals surface area contributed by atoms with E-state index >= 15 is 4.39 Å². The second kappa shape index (κ2) is 8.80. The molecule has 2 atom stereocenters. The van der Waals surface area contributed by atoms with Crippen LogP contribution >= 0.6 is 0 Å². The average molecular weight is 504 g/mol. The van der Waals surface area contributed by atoms with Gasteiger partial charge in [-0.2, -0.15) is 9.97 Å². The summed E-state index contributed by atoms with van der Waals surface area (Å²) in [6.07, 6.45) is 11.2. The minimum atomic E-state index is -2.19. The van der Waals surface area contributed by atoms with E-state index < -0.39 is 18.1 Å². The summed E-state index contributed by atoms with van der Waals surface area (Å²) >= 11 is 0. The Bertz CT molecular complexity index is 1600. The lowest BCUT2D eigenvalue weighted by atomic mass is 9.95. The number of anilines is 2.